The van der Waals surface area contributed by atoms with Crippen LogP contribution in [0, 0.1) is 22.2 Å². The monoisotopic (exact) mass is 708 g/mol. The molecule has 5 atom stereocenters. The number of halogens is 1. The maximum absolute atomic E-state index is 14.0. The van der Waals surface area contributed by atoms with Gasteiger partial charge in [0.2, 0.25) is 0 Å². The van der Waals surface area contributed by atoms with Crippen LogP contribution in [0.25, 0.3) is 0 Å². The number of aliphatic carboxylic acids is 2. The van der Waals surface area contributed by atoms with Gasteiger partial charge in [-0.15, -0.1) is 0 Å². The first-order valence-electron chi connectivity index (χ1n) is 17.4. The number of nitrogens with zero attached hydrogens (tertiary/aromatic N) is 1. The van der Waals surface area contributed by atoms with Gasteiger partial charge < -0.3 is 25.0 Å². The summed E-state index contributed by atoms with van der Waals surface area (Å²) in [6.45, 7) is 2.69. The minimum Gasteiger partial charge on any atom is -0.481 e. The van der Waals surface area contributed by atoms with Gasteiger partial charge in [0, 0.05) is 35.4 Å². The zero-order valence-corrected chi connectivity index (χ0v) is 29.5. The molecule has 1 fully saturated rings. The molecule has 9 heteroatoms. The van der Waals surface area contributed by atoms with E-state index in [-0.39, 0.29) is 45.0 Å². The number of hydrogen-bond donors (Lipinski definition) is 3. The van der Waals surface area contributed by atoms with Crippen molar-refractivity contribution in [2.45, 2.75) is 63.1 Å². The molecular weight excluding hydrogens is 664 g/mol. The lowest BCUT2D eigenvalue weighted by atomic mass is 9.49. The minimum atomic E-state index is -1.74. The smallest absolute Gasteiger partial charge is 0.312 e. The van der Waals surface area contributed by atoms with Gasteiger partial charge in [0.15, 0.2) is 0 Å². The van der Waals surface area contributed by atoms with Crippen LogP contribution < -0.4 is 5.32 Å². The third-order valence-corrected chi connectivity index (χ3v) is 10.8. The Morgan fingerprint density at radius 2 is 1.41 bits per heavy atom. The van der Waals surface area contributed by atoms with Crippen LogP contribution in [0.4, 0.5) is 0 Å². The Kier molecular flexibility index (Phi) is 13.0. The summed E-state index contributed by atoms with van der Waals surface area (Å²) in [5.74, 6) is -3.52. The van der Waals surface area contributed by atoms with Gasteiger partial charge in [0.1, 0.15) is 0 Å². The zero-order chi connectivity index (χ0) is 36.3. The first kappa shape index (κ1) is 37.7. The van der Waals surface area contributed by atoms with E-state index in [0.29, 0.717) is 23.6 Å². The second-order valence-electron chi connectivity index (χ2n) is 13.3. The highest BCUT2D eigenvalue weighted by atomic mass is 35.5. The fourth-order valence-electron chi connectivity index (χ4n) is 8.09. The molecule has 51 heavy (non-hydrogen) atoms. The average molecular weight is 709 g/mol. The average Bonchev–Trinajstić information content (AvgIpc) is 3.14. The molecule has 5 unspecified atom stereocenters. The van der Waals surface area contributed by atoms with Crippen molar-refractivity contribution in [3.8, 4) is 6.07 Å². The van der Waals surface area contributed by atoms with E-state index in [4.69, 9.17) is 21.1 Å². The van der Waals surface area contributed by atoms with Crippen molar-refractivity contribution in [2.75, 3.05) is 19.8 Å². The van der Waals surface area contributed by atoms with Crippen LogP contribution in [0.15, 0.2) is 115 Å². The molecular formula is C42H45ClN2O6. The van der Waals surface area contributed by atoms with Crippen molar-refractivity contribution in [2.24, 2.45) is 10.8 Å². The maximum atomic E-state index is 14.0. The summed E-state index contributed by atoms with van der Waals surface area (Å²) >= 11 is 6.55. The Morgan fingerprint density at radius 3 is 1.98 bits per heavy atom. The summed E-state index contributed by atoms with van der Waals surface area (Å²) in [7, 11) is 0. The van der Waals surface area contributed by atoms with Gasteiger partial charge in [-0.3, -0.25) is 9.59 Å². The van der Waals surface area contributed by atoms with Gasteiger partial charge in [-0.25, -0.2) is 0 Å². The molecule has 1 heterocycles. The number of nitrogens with one attached hydrogen (secondary N) is 1. The van der Waals surface area contributed by atoms with E-state index >= 15 is 0 Å². The van der Waals surface area contributed by atoms with Crippen molar-refractivity contribution in [3.05, 3.63) is 143 Å². The van der Waals surface area contributed by atoms with Crippen LogP contribution in [0.3, 0.4) is 0 Å². The lowest BCUT2D eigenvalue weighted by Crippen LogP contribution is -2.71. The van der Waals surface area contributed by atoms with E-state index in [1.165, 1.54) is 0 Å². The SMILES string of the molecule is CC1NC(COCCOCc2ccccc2)C(CCC#N)(C(=O)O)C(c2cccc(Cl)c2)C1(CCC(c1ccccc1)c1ccccc1)C(=O)O. The van der Waals surface area contributed by atoms with Gasteiger partial charge in [-0.1, -0.05) is 115 Å². The van der Waals surface area contributed by atoms with E-state index in [9.17, 15) is 25.1 Å². The first-order chi connectivity index (χ1) is 24.7. The van der Waals surface area contributed by atoms with Gasteiger partial charge in [-0.2, -0.15) is 5.26 Å². The third kappa shape index (κ3) is 8.35. The second kappa shape index (κ2) is 17.6. The number of carbonyl (C=O) groups is 2. The van der Waals surface area contributed by atoms with E-state index < -0.39 is 40.8 Å². The summed E-state index contributed by atoms with van der Waals surface area (Å²) < 4.78 is 11.9. The molecule has 266 valence electrons. The van der Waals surface area contributed by atoms with E-state index in [0.717, 1.165) is 16.7 Å². The molecule has 1 aliphatic heterocycles. The molecule has 0 aromatic heterocycles. The van der Waals surface area contributed by atoms with Crippen molar-refractivity contribution in [1.29, 1.82) is 5.26 Å². The van der Waals surface area contributed by atoms with E-state index in [1.807, 2.05) is 97.9 Å². The third-order valence-electron chi connectivity index (χ3n) is 10.5. The predicted octanol–water partition coefficient (Wildman–Crippen LogP) is 8.08. The molecule has 5 rings (SSSR count). The van der Waals surface area contributed by atoms with Gasteiger partial charge in [0.25, 0.3) is 0 Å². The highest BCUT2D eigenvalue weighted by molar-refractivity contribution is 6.30. The quantitative estimate of drug-likeness (QED) is 0.0940. The number of rotatable bonds is 17. The summed E-state index contributed by atoms with van der Waals surface area (Å²) in [6, 6.07) is 37.1. The molecule has 1 aliphatic rings. The van der Waals surface area contributed by atoms with Crippen LogP contribution in [0.5, 0.6) is 0 Å². The number of carboxylic acids is 2. The number of carboxylic acid groups (broad SMARTS) is 2. The van der Waals surface area contributed by atoms with Crippen molar-refractivity contribution in [1.82, 2.24) is 5.32 Å². The van der Waals surface area contributed by atoms with Crippen LogP contribution in [0.2, 0.25) is 5.02 Å². The zero-order valence-electron chi connectivity index (χ0n) is 28.8. The number of ether oxygens (including phenoxy) is 2. The Hall–Kier alpha value is -4.52. The molecule has 0 spiro atoms. The topological polar surface area (TPSA) is 129 Å². The minimum absolute atomic E-state index is 0.0276. The predicted molar refractivity (Wildman–Crippen MR) is 196 cm³/mol. The Morgan fingerprint density at radius 1 is 0.824 bits per heavy atom. The lowest BCUT2D eigenvalue weighted by Gasteiger charge is -2.58. The van der Waals surface area contributed by atoms with Crippen LogP contribution >= 0.6 is 11.6 Å². The van der Waals surface area contributed by atoms with Crippen molar-refractivity contribution in [3.63, 3.8) is 0 Å². The number of piperidine rings is 1. The summed E-state index contributed by atoms with van der Waals surface area (Å²) in [5, 5.41) is 36.4. The number of nitriles is 1. The molecule has 0 saturated carbocycles. The fraction of sp³-hybridized carbons (Fsp3) is 0.357. The highest BCUT2D eigenvalue weighted by Crippen LogP contribution is 2.60. The molecule has 1 saturated heterocycles. The summed E-state index contributed by atoms with van der Waals surface area (Å²) in [6.07, 6.45) is 0.383. The molecule has 3 N–H and O–H groups in total. The van der Waals surface area contributed by atoms with Crippen LogP contribution in [0.1, 0.15) is 66.7 Å². The fourth-order valence-corrected chi connectivity index (χ4v) is 8.29. The van der Waals surface area contributed by atoms with Crippen LogP contribution in [-0.4, -0.2) is 54.1 Å². The largest absolute Gasteiger partial charge is 0.481 e. The molecule has 4 aromatic rings. The highest BCUT2D eigenvalue weighted by Gasteiger charge is 2.67. The standard InChI is InChI=1S/C42H45ClN2O6/c1-30-41(39(46)47,23-21-36(32-15-7-3-8-16-32)33-17-9-4-10-18-33)38(34-19-11-20-35(43)27-34)42(40(48)49,22-12-24-44)37(45-30)29-51-26-25-50-28-31-13-5-2-6-14-31/h2-11,13-20,27,30,36-38,45H,12,21-23,25-26,28-29H2,1H3,(H,46,47)(H,48,49). The molecule has 0 bridgehead atoms. The summed E-state index contributed by atoms with van der Waals surface area (Å²) in [4.78, 5) is 27.9. The maximum Gasteiger partial charge on any atom is 0.312 e. The normalized spacial score (nSPS) is 23.1. The lowest BCUT2D eigenvalue weighted by molar-refractivity contribution is -0.177. The van der Waals surface area contributed by atoms with Crippen molar-refractivity contribution >= 4 is 23.5 Å². The molecule has 4 aromatic carbocycles. The molecule has 0 aliphatic carbocycles. The number of benzene rings is 4. The Bertz CT molecular complexity index is 1730. The molecule has 0 radical (unpaired) electrons. The number of hydrogen-bond acceptors (Lipinski definition) is 6. The van der Waals surface area contributed by atoms with Gasteiger partial charge in [-0.05, 0) is 60.6 Å². The van der Waals surface area contributed by atoms with E-state index in [2.05, 4.69) is 11.4 Å². The Labute approximate surface area is 305 Å². The molecule has 8 nitrogen and oxygen atoms in total. The second-order valence-corrected chi connectivity index (χ2v) is 13.7. The van der Waals surface area contributed by atoms with Crippen LogP contribution in [-0.2, 0) is 25.7 Å². The van der Waals surface area contributed by atoms with Gasteiger partial charge in [0.05, 0.1) is 43.3 Å². The Balaban J connectivity index is 1.54. The van der Waals surface area contributed by atoms with Gasteiger partial charge >= 0.3 is 11.9 Å². The van der Waals surface area contributed by atoms with Crippen molar-refractivity contribution < 1.29 is 29.3 Å². The molecule has 0 amide bonds. The van der Waals surface area contributed by atoms with E-state index in [1.54, 1.807) is 24.3 Å². The summed E-state index contributed by atoms with van der Waals surface area (Å²) in [5.41, 5.74) is 0.244. The first-order valence-corrected chi connectivity index (χ1v) is 17.8.